The Morgan fingerprint density at radius 2 is 2.05 bits per heavy atom. The van der Waals surface area contributed by atoms with Gasteiger partial charge in [0.05, 0.1) is 16.5 Å². The molecular formula is C12H13ClN2O4. The van der Waals surface area contributed by atoms with Gasteiger partial charge in [-0.15, -0.1) is 0 Å². The first-order valence-corrected chi connectivity index (χ1v) is 5.96. The minimum absolute atomic E-state index is 0.0244. The molecule has 0 aliphatic heterocycles. The number of hydrogen-bond donors (Lipinski definition) is 1. The quantitative estimate of drug-likeness (QED) is 0.663. The van der Waals surface area contributed by atoms with Crippen LogP contribution in [-0.4, -0.2) is 23.2 Å². The van der Waals surface area contributed by atoms with E-state index in [2.05, 4.69) is 5.32 Å². The van der Waals surface area contributed by atoms with E-state index in [1.165, 1.54) is 18.2 Å². The number of benzene rings is 1. The molecule has 1 rings (SSSR count). The molecule has 19 heavy (non-hydrogen) atoms. The van der Waals surface area contributed by atoms with Gasteiger partial charge in [-0.1, -0.05) is 31.5 Å². The van der Waals surface area contributed by atoms with Gasteiger partial charge in [0.2, 0.25) is 0 Å². The van der Waals surface area contributed by atoms with Crippen LogP contribution in [0.3, 0.4) is 0 Å². The first-order valence-electron chi connectivity index (χ1n) is 5.58. The molecule has 0 aromatic heterocycles. The van der Waals surface area contributed by atoms with Gasteiger partial charge in [0.15, 0.2) is 5.78 Å². The van der Waals surface area contributed by atoms with Crippen LogP contribution in [0.15, 0.2) is 18.2 Å². The van der Waals surface area contributed by atoms with E-state index in [1.54, 1.807) is 13.8 Å². The highest BCUT2D eigenvalue weighted by Gasteiger charge is 2.23. The molecule has 0 spiro atoms. The summed E-state index contributed by atoms with van der Waals surface area (Å²) in [7, 11) is 0. The fourth-order valence-electron chi connectivity index (χ4n) is 1.35. The van der Waals surface area contributed by atoms with Crippen molar-refractivity contribution in [2.45, 2.75) is 13.8 Å². The summed E-state index contributed by atoms with van der Waals surface area (Å²) in [5.41, 5.74) is -0.618. The molecule has 0 aliphatic rings. The first kappa shape index (κ1) is 15.1. The molecule has 0 saturated carbocycles. The van der Waals surface area contributed by atoms with E-state index in [4.69, 9.17) is 11.6 Å². The van der Waals surface area contributed by atoms with Gasteiger partial charge in [0, 0.05) is 12.0 Å². The number of nitrogens with zero attached hydrogens (tertiary/aromatic N) is 1. The third-order valence-electron chi connectivity index (χ3n) is 2.48. The van der Waals surface area contributed by atoms with Gasteiger partial charge >= 0.3 is 0 Å². The van der Waals surface area contributed by atoms with Gasteiger partial charge in [-0.25, -0.2) is 0 Å². The molecule has 0 saturated heterocycles. The normalized spacial score (nSPS) is 10.3. The number of Topliss-reactive ketones (excluding diaryl/α,β-unsaturated/α-hetero) is 1. The fraction of sp³-hybridized carbons (Fsp3) is 0.333. The second kappa shape index (κ2) is 6.29. The van der Waals surface area contributed by atoms with Crippen LogP contribution in [0.4, 0.5) is 5.69 Å². The van der Waals surface area contributed by atoms with Gasteiger partial charge in [-0.2, -0.15) is 0 Å². The minimum atomic E-state index is -0.730. The number of nitro groups is 1. The molecule has 0 aliphatic carbocycles. The number of nitro benzene ring substituents is 1. The summed E-state index contributed by atoms with van der Waals surface area (Å²) in [5, 5.41) is 13.1. The number of hydrogen-bond acceptors (Lipinski definition) is 4. The molecule has 0 bridgehead atoms. The molecule has 1 amide bonds. The Morgan fingerprint density at radius 3 is 2.58 bits per heavy atom. The molecule has 6 nitrogen and oxygen atoms in total. The number of ketones is 1. The average molecular weight is 285 g/mol. The third kappa shape index (κ3) is 3.75. The van der Waals surface area contributed by atoms with E-state index < -0.39 is 10.8 Å². The van der Waals surface area contributed by atoms with Crippen LogP contribution >= 0.6 is 11.6 Å². The van der Waals surface area contributed by atoms with Crippen LogP contribution in [0, 0.1) is 16.0 Å². The SMILES string of the molecule is CC(C)C(=O)CNC(=O)c1c(Cl)cccc1[N+](=O)[O-]. The second-order valence-corrected chi connectivity index (χ2v) is 4.60. The highest BCUT2D eigenvalue weighted by molar-refractivity contribution is 6.34. The highest BCUT2D eigenvalue weighted by atomic mass is 35.5. The lowest BCUT2D eigenvalue weighted by Gasteiger charge is -2.08. The standard InChI is InChI=1S/C12H13ClN2O4/c1-7(2)10(16)6-14-12(17)11-8(13)4-3-5-9(11)15(18)19/h3-5,7H,6H2,1-2H3,(H,14,17). The Kier molecular flexibility index (Phi) is 5.00. The molecule has 1 aromatic rings. The smallest absolute Gasteiger partial charge is 0.283 e. The summed E-state index contributed by atoms with van der Waals surface area (Å²) in [6, 6.07) is 3.95. The van der Waals surface area contributed by atoms with Gasteiger partial charge in [0.1, 0.15) is 5.56 Å². The monoisotopic (exact) mass is 284 g/mol. The van der Waals surface area contributed by atoms with Gasteiger partial charge < -0.3 is 5.32 Å². The maximum absolute atomic E-state index is 11.9. The molecule has 0 heterocycles. The van der Waals surface area contributed by atoms with E-state index in [9.17, 15) is 19.7 Å². The lowest BCUT2D eigenvalue weighted by molar-refractivity contribution is -0.385. The average Bonchev–Trinajstić information content (AvgIpc) is 2.34. The minimum Gasteiger partial charge on any atom is -0.345 e. The lowest BCUT2D eigenvalue weighted by atomic mass is 10.1. The van der Waals surface area contributed by atoms with Crippen molar-refractivity contribution in [2.75, 3.05) is 6.54 Å². The van der Waals surface area contributed by atoms with Crippen LogP contribution in [0.5, 0.6) is 0 Å². The number of halogens is 1. The van der Waals surface area contributed by atoms with Crippen LogP contribution in [0.1, 0.15) is 24.2 Å². The molecule has 1 aromatic carbocycles. The van der Waals surface area contributed by atoms with Crippen molar-refractivity contribution in [2.24, 2.45) is 5.92 Å². The topological polar surface area (TPSA) is 89.3 Å². The Balaban J connectivity index is 2.94. The number of carbonyl (C=O) groups is 2. The molecule has 0 atom stereocenters. The van der Waals surface area contributed by atoms with E-state index in [0.717, 1.165) is 0 Å². The van der Waals surface area contributed by atoms with Crippen molar-refractivity contribution in [1.29, 1.82) is 0 Å². The van der Waals surface area contributed by atoms with Crippen LogP contribution in [0.25, 0.3) is 0 Å². The molecule has 7 heteroatoms. The molecule has 0 radical (unpaired) electrons. The predicted octanol–water partition coefficient (Wildman–Crippen LogP) is 2.20. The van der Waals surface area contributed by atoms with Crippen molar-refractivity contribution in [3.05, 3.63) is 38.9 Å². The van der Waals surface area contributed by atoms with Crippen molar-refractivity contribution in [3.8, 4) is 0 Å². The van der Waals surface area contributed by atoms with Crippen LogP contribution < -0.4 is 5.32 Å². The Morgan fingerprint density at radius 1 is 1.42 bits per heavy atom. The Bertz CT molecular complexity index is 528. The van der Waals surface area contributed by atoms with Gasteiger partial charge in [0.25, 0.3) is 11.6 Å². The van der Waals surface area contributed by atoms with Crippen LogP contribution in [-0.2, 0) is 4.79 Å². The number of nitrogens with one attached hydrogen (secondary N) is 1. The third-order valence-corrected chi connectivity index (χ3v) is 2.80. The van der Waals surface area contributed by atoms with Crippen molar-refractivity contribution in [1.82, 2.24) is 5.32 Å². The van der Waals surface area contributed by atoms with E-state index >= 15 is 0 Å². The van der Waals surface area contributed by atoms with Crippen molar-refractivity contribution in [3.63, 3.8) is 0 Å². The molecule has 0 unspecified atom stereocenters. The van der Waals surface area contributed by atoms with E-state index in [1.807, 2.05) is 0 Å². The molecule has 0 fully saturated rings. The number of carbonyl (C=O) groups excluding carboxylic acids is 2. The molecule has 1 N–H and O–H groups in total. The van der Waals surface area contributed by atoms with Gasteiger partial charge in [-0.3, -0.25) is 19.7 Å². The Hall–Kier alpha value is -1.95. The summed E-state index contributed by atoms with van der Waals surface area (Å²) in [6.07, 6.45) is 0. The summed E-state index contributed by atoms with van der Waals surface area (Å²) in [5.74, 6) is -1.11. The van der Waals surface area contributed by atoms with E-state index in [0.29, 0.717) is 0 Å². The summed E-state index contributed by atoms with van der Waals surface area (Å²) >= 11 is 5.80. The maximum atomic E-state index is 11.9. The molecule has 102 valence electrons. The number of amides is 1. The first-order chi connectivity index (χ1) is 8.84. The summed E-state index contributed by atoms with van der Waals surface area (Å²) in [6.45, 7) is 3.22. The zero-order chi connectivity index (χ0) is 14.6. The maximum Gasteiger partial charge on any atom is 0.283 e. The van der Waals surface area contributed by atoms with E-state index in [-0.39, 0.29) is 34.5 Å². The summed E-state index contributed by atoms with van der Waals surface area (Å²) in [4.78, 5) is 33.4. The summed E-state index contributed by atoms with van der Waals surface area (Å²) < 4.78 is 0. The van der Waals surface area contributed by atoms with Crippen LogP contribution in [0.2, 0.25) is 5.02 Å². The van der Waals surface area contributed by atoms with Crippen molar-refractivity contribution >= 4 is 29.0 Å². The lowest BCUT2D eigenvalue weighted by Crippen LogP contribution is -2.32. The largest absolute Gasteiger partial charge is 0.345 e. The molecular weight excluding hydrogens is 272 g/mol. The zero-order valence-corrected chi connectivity index (χ0v) is 11.2. The number of rotatable bonds is 5. The predicted molar refractivity (Wildman–Crippen MR) is 70.3 cm³/mol. The Labute approximate surface area is 114 Å². The second-order valence-electron chi connectivity index (χ2n) is 4.19. The van der Waals surface area contributed by atoms with Gasteiger partial charge in [-0.05, 0) is 6.07 Å². The zero-order valence-electron chi connectivity index (χ0n) is 10.5. The van der Waals surface area contributed by atoms with Crippen molar-refractivity contribution < 1.29 is 14.5 Å². The highest BCUT2D eigenvalue weighted by Crippen LogP contribution is 2.25. The fourth-order valence-corrected chi connectivity index (χ4v) is 1.60.